The van der Waals surface area contributed by atoms with Crippen LogP contribution in [0, 0.1) is 23.2 Å². The van der Waals surface area contributed by atoms with Crippen LogP contribution in [0.4, 0.5) is 0 Å². The van der Waals surface area contributed by atoms with Crippen molar-refractivity contribution in [1.82, 2.24) is 0 Å². The maximum absolute atomic E-state index is 13.4. The van der Waals surface area contributed by atoms with Gasteiger partial charge in [0.1, 0.15) is 5.60 Å². The predicted molar refractivity (Wildman–Crippen MR) is 113 cm³/mol. The summed E-state index contributed by atoms with van der Waals surface area (Å²) in [4.78, 5) is 13.4. The molecule has 0 spiro atoms. The van der Waals surface area contributed by atoms with E-state index in [1.165, 1.54) is 96.3 Å². The van der Waals surface area contributed by atoms with Gasteiger partial charge in [-0.15, -0.1) is 0 Å². The highest BCUT2D eigenvalue weighted by atomic mass is 16.6. The van der Waals surface area contributed by atoms with Crippen molar-refractivity contribution in [3.63, 3.8) is 0 Å². The van der Waals surface area contributed by atoms with Crippen LogP contribution < -0.4 is 0 Å². The molecule has 0 aliphatic heterocycles. The van der Waals surface area contributed by atoms with Gasteiger partial charge in [0.2, 0.25) is 0 Å². The van der Waals surface area contributed by atoms with Crippen LogP contribution in [0.2, 0.25) is 0 Å². The summed E-state index contributed by atoms with van der Waals surface area (Å²) in [5.41, 5.74) is -0.520. The fourth-order valence-corrected chi connectivity index (χ4v) is 6.35. The fourth-order valence-electron chi connectivity index (χ4n) is 6.35. The maximum atomic E-state index is 13.4. The molecule has 0 aromatic rings. The summed E-state index contributed by atoms with van der Waals surface area (Å²) in [6.07, 6.45) is 20.7. The lowest BCUT2D eigenvalue weighted by molar-refractivity contribution is -0.207. The van der Waals surface area contributed by atoms with Gasteiger partial charge in [-0.05, 0) is 76.5 Å². The Hall–Kier alpha value is -0.530. The molecule has 0 aromatic heterocycles. The first-order chi connectivity index (χ1) is 13.0. The smallest absolute Gasteiger partial charge is 0.312 e. The molecular formula is C25H44O2. The predicted octanol–water partition coefficient (Wildman–Crippen LogP) is 7.45. The van der Waals surface area contributed by atoms with Gasteiger partial charge >= 0.3 is 5.97 Å². The van der Waals surface area contributed by atoms with Crippen molar-refractivity contribution < 1.29 is 9.53 Å². The molecule has 3 saturated carbocycles. The molecular weight excluding hydrogens is 332 g/mol. The highest BCUT2D eigenvalue weighted by molar-refractivity contribution is 5.76. The second kappa shape index (κ2) is 9.31. The highest BCUT2D eigenvalue weighted by Gasteiger charge is 2.54. The molecule has 3 aliphatic rings. The minimum absolute atomic E-state index is 0.0896. The Morgan fingerprint density at radius 2 is 1.04 bits per heavy atom. The second-order valence-corrected chi connectivity index (χ2v) is 10.5. The summed E-state index contributed by atoms with van der Waals surface area (Å²) in [5, 5.41) is 0. The van der Waals surface area contributed by atoms with Crippen LogP contribution in [0.15, 0.2) is 0 Å². The van der Waals surface area contributed by atoms with Gasteiger partial charge in [0.25, 0.3) is 0 Å². The fraction of sp³-hybridized carbons (Fsp3) is 0.960. The Bertz CT molecular complexity index is 417. The monoisotopic (exact) mass is 376 g/mol. The number of carbonyl (C=O) groups excluding carboxylic acids is 1. The molecule has 3 aliphatic carbocycles. The Kier molecular flexibility index (Phi) is 7.31. The van der Waals surface area contributed by atoms with Crippen LogP contribution in [-0.4, -0.2) is 11.6 Å². The molecule has 2 nitrogen and oxygen atoms in total. The summed E-state index contributed by atoms with van der Waals surface area (Å²) in [6, 6.07) is 0. The minimum atomic E-state index is -0.358. The van der Waals surface area contributed by atoms with E-state index >= 15 is 0 Å². The molecule has 0 amide bonds. The molecule has 3 fully saturated rings. The van der Waals surface area contributed by atoms with E-state index in [0.29, 0.717) is 17.8 Å². The van der Waals surface area contributed by atoms with Crippen LogP contribution in [-0.2, 0) is 9.53 Å². The molecule has 0 aromatic carbocycles. The first kappa shape index (κ1) is 21.2. The van der Waals surface area contributed by atoms with E-state index < -0.39 is 0 Å². The quantitative estimate of drug-likeness (QED) is 0.450. The van der Waals surface area contributed by atoms with Crippen LogP contribution >= 0.6 is 0 Å². The van der Waals surface area contributed by atoms with E-state index in [1.54, 1.807) is 0 Å². The Balaban J connectivity index is 1.97. The maximum Gasteiger partial charge on any atom is 0.312 e. The van der Waals surface area contributed by atoms with Crippen molar-refractivity contribution in [1.29, 1.82) is 0 Å². The van der Waals surface area contributed by atoms with Crippen molar-refractivity contribution in [2.75, 3.05) is 0 Å². The van der Waals surface area contributed by atoms with Crippen LogP contribution in [0.5, 0.6) is 0 Å². The van der Waals surface area contributed by atoms with Crippen molar-refractivity contribution in [2.45, 2.75) is 129 Å². The largest absolute Gasteiger partial charge is 0.458 e. The van der Waals surface area contributed by atoms with E-state index in [4.69, 9.17) is 4.74 Å². The third kappa shape index (κ3) is 4.56. The number of hydrogen-bond acceptors (Lipinski definition) is 2. The summed E-state index contributed by atoms with van der Waals surface area (Å²) in [5.74, 6) is 1.91. The van der Waals surface area contributed by atoms with Crippen LogP contribution in [0.25, 0.3) is 0 Å². The van der Waals surface area contributed by atoms with Gasteiger partial charge in [-0.2, -0.15) is 0 Å². The number of hydrogen-bond donors (Lipinski definition) is 0. The molecule has 2 heteroatoms. The Morgan fingerprint density at radius 3 is 1.33 bits per heavy atom. The molecule has 0 bridgehead atoms. The van der Waals surface area contributed by atoms with Crippen LogP contribution in [0.3, 0.4) is 0 Å². The van der Waals surface area contributed by atoms with E-state index in [9.17, 15) is 4.79 Å². The van der Waals surface area contributed by atoms with Crippen molar-refractivity contribution >= 4 is 5.97 Å². The molecule has 0 heterocycles. The zero-order valence-corrected chi connectivity index (χ0v) is 18.4. The lowest BCUT2D eigenvalue weighted by atomic mass is 9.58. The van der Waals surface area contributed by atoms with Gasteiger partial charge in [0.05, 0.1) is 5.41 Å². The standard InChI is InChI=1S/C25H44O2/c1-4-24(2,3)23(26)27-25(20-14-8-5-9-15-20,21-16-10-6-11-17-21)22-18-12-7-13-19-22/h20-22H,4-19H2,1-3H3. The van der Waals surface area contributed by atoms with Gasteiger partial charge in [-0.3, -0.25) is 4.79 Å². The second-order valence-electron chi connectivity index (χ2n) is 10.5. The average Bonchev–Trinajstić information content (AvgIpc) is 2.73. The average molecular weight is 377 g/mol. The Morgan fingerprint density at radius 1 is 0.704 bits per heavy atom. The van der Waals surface area contributed by atoms with E-state index in [1.807, 2.05) is 0 Å². The van der Waals surface area contributed by atoms with E-state index in [0.717, 1.165) is 6.42 Å². The SMILES string of the molecule is CCC(C)(C)C(=O)OC(C1CCCCC1)(C1CCCCC1)C1CCCCC1. The molecule has 156 valence electrons. The third-order valence-corrected chi connectivity index (χ3v) is 8.44. The van der Waals surface area contributed by atoms with Gasteiger partial charge in [-0.25, -0.2) is 0 Å². The van der Waals surface area contributed by atoms with Gasteiger partial charge in [0.15, 0.2) is 0 Å². The minimum Gasteiger partial charge on any atom is -0.458 e. The summed E-state index contributed by atoms with van der Waals surface area (Å²) in [6.45, 7) is 6.30. The summed E-state index contributed by atoms with van der Waals surface area (Å²) in [7, 11) is 0. The van der Waals surface area contributed by atoms with E-state index in [2.05, 4.69) is 20.8 Å². The van der Waals surface area contributed by atoms with Gasteiger partial charge in [-0.1, -0.05) is 64.7 Å². The van der Waals surface area contributed by atoms with Gasteiger partial charge in [0, 0.05) is 0 Å². The molecule has 0 unspecified atom stereocenters. The lowest BCUT2D eigenvalue weighted by Crippen LogP contribution is -2.57. The molecule has 3 rings (SSSR count). The highest BCUT2D eigenvalue weighted by Crippen LogP contribution is 2.53. The lowest BCUT2D eigenvalue weighted by Gasteiger charge is -2.54. The third-order valence-electron chi connectivity index (χ3n) is 8.44. The molecule has 0 saturated heterocycles. The van der Waals surface area contributed by atoms with Crippen molar-refractivity contribution in [3.8, 4) is 0 Å². The molecule has 0 radical (unpaired) electrons. The summed E-state index contributed by atoms with van der Waals surface area (Å²) < 4.78 is 6.87. The van der Waals surface area contributed by atoms with Crippen molar-refractivity contribution in [2.24, 2.45) is 23.2 Å². The van der Waals surface area contributed by atoms with E-state index in [-0.39, 0.29) is 17.0 Å². The first-order valence-electron chi connectivity index (χ1n) is 12.2. The molecule has 27 heavy (non-hydrogen) atoms. The Labute approximate surface area is 168 Å². The molecule has 0 atom stereocenters. The molecule has 0 N–H and O–H groups in total. The number of ether oxygens (including phenoxy) is 1. The van der Waals surface area contributed by atoms with Gasteiger partial charge < -0.3 is 4.74 Å². The topological polar surface area (TPSA) is 26.3 Å². The number of carbonyl (C=O) groups is 1. The summed E-state index contributed by atoms with van der Waals surface area (Å²) >= 11 is 0. The zero-order valence-electron chi connectivity index (χ0n) is 18.4. The zero-order chi connectivity index (χ0) is 19.3. The van der Waals surface area contributed by atoms with Crippen molar-refractivity contribution in [3.05, 3.63) is 0 Å². The first-order valence-corrected chi connectivity index (χ1v) is 12.2. The normalized spacial score (nSPS) is 24.7. The number of esters is 1. The van der Waals surface area contributed by atoms with Crippen LogP contribution in [0.1, 0.15) is 124 Å². The number of rotatable bonds is 6.